The second-order valence-corrected chi connectivity index (χ2v) is 5.54. The van der Waals surface area contributed by atoms with Gasteiger partial charge in [0, 0.05) is 30.9 Å². The highest BCUT2D eigenvalue weighted by Crippen LogP contribution is 2.24. The molecule has 1 unspecified atom stereocenters. The third kappa shape index (κ3) is 5.14. The minimum absolute atomic E-state index is 0.0360. The maximum absolute atomic E-state index is 11.9. The van der Waals surface area contributed by atoms with Crippen molar-refractivity contribution in [3.8, 4) is 5.75 Å². The minimum atomic E-state index is -0.332. The predicted octanol–water partition coefficient (Wildman–Crippen LogP) is -0.145. The van der Waals surface area contributed by atoms with Crippen molar-refractivity contribution < 1.29 is 14.3 Å². The summed E-state index contributed by atoms with van der Waals surface area (Å²) in [4.78, 5) is 25.2. The van der Waals surface area contributed by atoms with Crippen LogP contribution in [0.5, 0.6) is 5.75 Å². The Bertz CT molecular complexity index is 550. The van der Waals surface area contributed by atoms with E-state index in [0.29, 0.717) is 0 Å². The molecule has 7 nitrogen and oxygen atoms in total. The monoisotopic (exact) mass is 320 g/mol. The number of nitrogens with zero attached hydrogens (tertiary/aromatic N) is 1. The second kappa shape index (κ2) is 8.38. The van der Waals surface area contributed by atoms with Crippen LogP contribution in [0.3, 0.4) is 0 Å². The van der Waals surface area contributed by atoms with Crippen LogP contribution in [0.4, 0.5) is 5.69 Å². The lowest BCUT2D eigenvalue weighted by atomic mass is 10.0. The average molecular weight is 320 g/mol. The SMILES string of the molecule is COc1cccc(N2CCCC(NC(=O)CNC(=O)CN)C2)c1. The van der Waals surface area contributed by atoms with E-state index in [9.17, 15) is 9.59 Å². The second-order valence-electron chi connectivity index (χ2n) is 5.54. The summed E-state index contributed by atoms with van der Waals surface area (Å²) in [6.45, 7) is 1.54. The van der Waals surface area contributed by atoms with Crippen molar-refractivity contribution in [3.63, 3.8) is 0 Å². The fourth-order valence-electron chi connectivity index (χ4n) is 2.67. The van der Waals surface area contributed by atoms with E-state index in [-0.39, 0.29) is 30.9 Å². The Hall–Kier alpha value is -2.28. The summed E-state index contributed by atoms with van der Waals surface area (Å²) in [5.41, 5.74) is 6.27. The highest BCUT2D eigenvalue weighted by molar-refractivity contribution is 5.85. The third-order valence-corrected chi connectivity index (χ3v) is 3.84. The summed E-state index contributed by atoms with van der Waals surface area (Å²) in [7, 11) is 1.65. The quantitative estimate of drug-likeness (QED) is 0.678. The molecular weight excluding hydrogens is 296 g/mol. The van der Waals surface area contributed by atoms with Crippen LogP contribution in [0.25, 0.3) is 0 Å². The summed E-state index contributed by atoms with van der Waals surface area (Å²) >= 11 is 0. The van der Waals surface area contributed by atoms with Gasteiger partial charge in [0.15, 0.2) is 0 Å². The molecule has 0 radical (unpaired) electrons. The lowest BCUT2D eigenvalue weighted by Crippen LogP contribution is -2.50. The summed E-state index contributed by atoms with van der Waals surface area (Å²) in [6.07, 6.45) is 1.92. The standard InChI is InChI=1S/C16H24N4O3/c1-23-14-6-2-5-13(8-14)20-7-3-4-12(11-20)19-16(22)10-18-15(21)9-17/h2,5-6,8,12H,3-4,7,9-11,17H2,1H3,(H,18,21)(H,19,22). The highest BCUT2D eigenvalue weighted by atomic mass is 16.5. The number of carbonyl (C=O) groups excluding carboxylic acids is 2. The molecule has 0 aromatic heterocycles. The van der Waals surface area contributed by atoms with Crippen molar-refractivity contribution in [2.45, 2.75) is 18.9 Å². The van der Waals surface area contributed by atoms with Crippen molar-refractivity contribution in [1.82, 2.24) is 10.6 Å². The van der Waals surface area contributed by atoms with E-state index in [1.807, 2.05) is 24.3 Å². The van der Waals surface area contributed by atoms with E-state index >= 15 is 0 Å². The normalized spacial score (nSPS) is 17.5. The number of benzene rings is 1. The van der Waals surface area contributed by atoms with Gasteiger partial charge in [-0.2, -0.15) is 0 Å². The zero-order valence-electron chi connectivity index (χ0n) is 13.4. The van der Waals surface area contributed by atoms with Gasteiger partial charge in [-0.1, -0.05) is 6.07 Å². The van der Waals surface area contributed by atoms with E-state index < -0.39 is 0 Å². The van der Waals surface area contributed by atoms with Crippen LogP contribution in [-0.4, -0.2) is 51.1 Å². The first-order valence-corrected chi connectivity index (χ1v) is 7.77. The van der Waals surface area contributed by atoms with Crippen LogP contribution in [0, 0.1) is 0 Å². The minimum Gasteiger partial charge on any atom is -0.497 e. The molecule has 0 bridgehead atoms. The number of methoxy groups -OCH3 is 1. The smallest absolute Gasteiger partial charge is 0.239 e. The molecule has 0 saturated carbocycles. The van der Waals surface area contributed by atoms with Gasteiger partial charge in [0.05, 0.1) is 20.2 Å². The van der Waals surface area contributed by atoms with Gasteiger partial charge >= 0.3 is 0 Å². The number of anilines is 1. The number of hydrogen-bond donors (Lipinski definition) is 3. The van der Waals surface area contributed by atoms with Crippen molar-refractivity contribution in [2.24, 2.45) is 5.73 Å². The number of rotatable bonds is 6. The van der Waals surface area contributed by atoms with Gasteiger partial charge in [-0.3, -0.25) is 9.59 Å². The molecule has 2 amide bonds. The first-order valence-electron chi connectivity index (χ1n) is 7.77. The number of nitrogens with two attached hydrogens (primary N) is 1. The van der Waals surface area contributed by atoms with Crippen molar-refractivity contribution in [1.29, 1.82) is 0 Å². The fourth-order valence-corrected chi connectivity index (χ4v) is 2.67. The molecule has 1 aliphatic heterocycles. The Kier molecular flexibility index (Phi) is 6.22. The van der Waals surface area contributed by atoms with Gasteiger partial charge in [0.2, 0.25) is 11.8 Å². The molecule has 4 N–H and O–H groups in total. The largest absolute Gasteiger partial charge is 0.497 e. The van der Waals surface area contributed by atoms with Crippen molar-refractivity contribution in [2.75, 3.05) is 38.2 Å². The van der Waals surface area contributed by atoms with E-state index in [0.717, 1.165) is 37.4 Å². The molecule has 1 aromatic carbocycles. The van der Waals surface area contributed by atoms with E-state index in [1.54, 1.807) is 7.11 Å². The van der Waals surface area contributed by atoms with Crippen LogP contribution < -0.4 is 26.0 Å². The molecule has 0 spiro atoms. The van der Waals surface area contributed by atoms with E-state index in [1.165, 1.54) is 0 Å². The van der Waals surface area contributed by atoms with Gasteiger partial charge in [-0.25, -0.2) is 0 Å². The van der Waals surface area contributed by atoms with E-state index in [2.05, 4.69) is 15.5 Å². The predicted molar refractivity (Wildman–Crippen MR) is 88.4 cm³/mol. The highest BCUT2D eigenvalue weighted by Gasteiger charge is 2.22. The van der Waals surface area contributed by atoms with Gasteiger partial charge in [-0.05, 0) is 25.0 Å². The molecule has 7 heteroatoms. The number of hydrogen-bond acceptors (Lipinski definition) is 5. The fraction of sp³-hybridized carbons (Fsp3) is 0.500. The summed E-state index contributed by atoms with van der Waals surface area (Å²) in [6, 6.07) is 7.96. The Morgan fingerprint density at radius 3 is 2.96 bits per heavy atom. The third-order valence-electron chi connectivity index (χ3n) is 3.84. The number of ether oxygens (including phenoxy) is 1. The summed E-state index contributed by atoms with van der Waals surface area (Å²) < 4.78 is 5.26. The zero-order valence-corrected chi connectivity index (χ0v) is 13.4. The Labute approximate surface area is 136 Å². The van der Waals surface area contributed by atoms with Crippen LogP contribution in [-0.2, 0) is 9.59 Å². The van der Waals surface area contributed by atoms with Crippen LogP contribution in [0.15, 0.2) is 24.3 Å². The maximum Gasteiger partial charge on any atom is 0.239 e. The van der Waals surface area contributed by atoms with Crippen molar-refractivity contribution in [3.05, 3.63) is 24.3 Å². The Morgan fingerprint density at radius 2 is 2.22 bits per heavy atom. The molecular formula is C16H24N4O3. The van der Waals surface area contributed by atoms with E-state index in [4.69, 9.17) is 10.5 Å². The first-order chi connectivity index (χ1) is 11.1. The lowest BCUT2D eigenvalue weighted by molar-refractivity contribution is -0.125. The molecule has 1 fully saturated rings. The van der Waals surface area contributed by atoms with Crippen LogP contribution in [0.1, 0.15) is 12.8 Å². The first kappa shape index (κ1) is 17.1. The summed E-state index contributed by atoms with van der Waals surface area (Å²) in [5.74, 6) is 0.296. The van der Waals surface area contributed by atoms with Gasteiger partial charge < -0.3 is 26.0 Å². The molecule has 1 aliphatic rings. The molecule has 1 saturated heterocycles. The number of piperidine rings is 1. The Balaban J connectivity index is 1.87. The molecule has 1 heterocycles. The average Bonchev–Trinajstić information content (AvgIpc) is 2.60. The molecule has 1 atom stereocenters. The van der Waals surface area contributed by atoms with Crippen LogP contribution in [0.2, 0.25) is 0 Å². The number of nitrogens with one attached hydrogen (secondary N) is 2. The molecule has 126 valence electrons. The van der Waals surface area contributed by atoms with Gasteiger partial charge in [0.1, 0.15) is 5.75 Å². The van der Waals surface area contributed by atoms with Gasteiger partial charge in [-0.15, -0.1) is 0 Å². The zero-order chi connectivity index (χ0) is 16.7. The van der Waals surface area contributed by atoms with Crippen LogP contribution >= 0.6 is 0 Å². The number of amides is 2. The summed E-state index contributed by atoms with van der Waals surface area (Å²) in [5, 5.41) is 5.43. The van der Waals surface area contributed by atoms with Gasteiger partial charge in [0.25, 0.3) is 0 Å². The maximum atomic E-state index is 11.9. The number of carbonyl (C=O) groups is 2. The topological polar surface area (TPSA) is 96.7 Å². The molecule has 2 rings (SSSR count). The molecule has 0 aliphatic carbocycles. The Morgan fingerprint density at radius 1 is 1.39 bits per heavy atom. The molecule has 1 aromatic rings. The van der Waals surface area contributed by atoms with Crippen molar-refractivity contribution >= 4 is 17.5 Å². The lowest BCUT2D eigenvalue weighted by Gasteiger charge is -2.35. The molecule has 23 heavy (non-hydrogen) atoms.